The van der Waals surface area contributed by atoms with Gasteiger partial charge in [0.25, 0.3) is 0 Å². The molecule has 136 valence electrons. The van der Waals surface area contributed by atoms with Crippen LogP contribution in [0.5, 0.6) is 5.75 Å². The number of carbonyl (C=O) groups excluding carboxylic acids is 1. The maximum absolute atomic E-state index is 11.6. The first-order chi connectivity index (χ1) is 12.6. The van der Waals surface area contributed by atoms with E-state index in [-0.39, 0.29) is 17.6 Å². The van der Waals surface area contributed by atoms with Crippen molar-refractivity contribution in [3.63, 3.8) is 0 Å². The molecule has 2 aromatic rings. The highest BCUT2D eigenvalue weighted by atomic mass is 16.3. The summed E-state index contributed by atoms with van der Waals surface area (Å²) in [5, 5.41) is 9.95. The highest BCUT2D eigenvalue weighted by Gasteiger charge is 2.26. The van der Waals surface area contributed by atoms with Crippen molar-refractivity contribution in [1.29, 1.82) is 0 Å². The average Bonchev–Trinajstić information content (AvgIpc) is 2.64. The molecule has 1 aliphatic heterocycles. The number of Topliss-reactive ketones (excluding diaryl/α,β-unsaturated/α-hetero) is 1. The third-order valence-corrected chi connectivity index (χ3v) is 4.98. The third kappa shape index (κ3) is 4.21. The highest BCUT2D eigenvalue weighted by Crippen LogP contribution is 2.31. The summed E-state index contributed by atoms with van der Waals surface area (Å²) in [6.45, 7) is 10.2. The zero-order valence-corrected chi connectivity index (χ0v) is 15.3. The van der Waals surface area contributed by atoms with Crippen LogP contribution in [0, 0.1) is 0 Å². The van der Waals surface area contributed by atoms with Crippen LogP contribution in [0.25, 0.3) is 0 Å². The van der Waals surface area contributed by atoms with Crippen molar-refractivity contribution in [3.8, 4) is 5.75 Å². The molecule has 4 nitrogen and oxygen atoms in total. The molecule has 1 heterocycles. The van der Waals surface area contributed by atoms with Crippen LogP contribution >= 0.6 is 0 Å². The van der Waals surface area contributed by atoms with E-state index in [1.807, 2.05) is 42.5 Å². The molecule has 0 aromatic heterocycles. The summed E-state index contributed by atoms with van der Waals surface area (Å²) in [7, 11) is 0. The Labute approximate surface area is 155 Å². The Hall–Kier alpha value is -2.43. The fraction of sp³-hybridized carbons (Fsp3) is 0.318. The minimum Gasteiger partial charge on any atom is -0.508 e. The van der Waals surface area contributed by atoms with Gasteiger partial charge < -0.3 is 5.11 Å². The van der Waals surface area contributed by atoms with Crippen LogP contribution in [0.4, 0.5) is 0 Å². The Balaban J connectivity index is 1.90. The molecule has 0 amide bonds. The lowest BCUT2D eigenvalue weighted by Gasteiger charge is -2.39. The summed E-state index contributed by atoms with van der Waals surface area (Å²) in [4.78, 5) is 16.4. The topological polar surface area (TPSA) is 43.8 Å². The Morgan fingerprint density at radius 2 is 1.81 bits per heavy atom. The van der Waals surface area contributed by atoms with Gasteiger partial charge in [0.2, 0.25) is 0 Å². The van der Waals surface area contributed by atoms with E-state index < -0.39 is 0 Å². The van der Waals surface area contributed by atoms with Crippen molar-refractivity contribution in [2.24, 2.45) is 0 Å². The maximum atomic E-state index is 11.6. The van der Waals surface area contributed by atoms with Gasteiger partial charge >= 0.3 is 0 Å². The molecule has 1 fully saturated rings. The molecular weight excluding hydrogens is 324 g/mol. The Morgan fingerprint density at radius 3 is 2.38 bits per heavy atom. The molecule has 26 heavy (non-hydrogen) atoms. The lowest BCUT2D eigenvalue weighted by atomic mass is 9.95. The Kier molecular flexibility index (Phi) is 5.86. The first-order valence-corrected chi connectivity index (χ1v) is 9.05. The van der Waals surface area contributed by atoms with Crippen molar-refractivity contribution in [2.45, 2.75) is 13.0 Å². The number of hydrogen-bond donors (Lipinski definition) is 1. The second kappa shape index (κ2) is 8.30. The van der Waals surface area contributed by atoms with Gasteiger partial charge in [-0.15, -0.1) is 6.58 Å². The zero-order valence-electron chi connectivity index (χ0n) is 15.3. The molecule has 0 bridgehead atoms. The van der Waals surface area contributed by atoms with Gasteiger partial charge in [0, 0.05) is 38.3 Å². The van der Waals surface area contributed by atoms with Crippen LogP contribution in [0.1, 0.15) is 34.5 Å². The van der Waals surface area contributed by atoms with Crippen molar-refractivity contribution in [2.75, 3.05) is 32.7 Å². The quantitative estimate of drug-likeness (QED) is 0.640. The van der Waals surface area contributed by atoms with Gasteiger partial charge in [-0.2, -0.15) is 0 Å². The molecule has 4 heteroatoms. The number of phenols is 1. The molecule has 3 rings (SSSR count). The monoisotopic (exact) mass is 350 g/mol. The molecule has 2 aromatic carbocycles. The molecule has 1 atom stereocenters. The van der Waals surface area contributed by atoms with Crippen molar-refractivity contribution < 1.29 is 9.90 Å². The van der Waals surface area contributed by atoms with E-state index in [4.69, 9.17) is 0 Å². The van der Waals surface area contributed by atoms with Gasteiger partial charge in [-0.1, -0.05) is 42.5 Å². The van der Waals surface area contributed by atoms with Crippen LogP contribution in [-0.2, 0) is 0 Å². The number of aromatic hydroxyl groups is 1. The average molecular weight is 350 g/mol. The van der Waals surface area contributed by atoms with Gasteiger partial charge in [-0.25, -0.2) is 0 Å². The van der Waals surface area contributed by atoms with Gasteiger partial charge in [-0.3, -0.25) is 14.6 Å². The van der Waals surface area contributed by atoms with Gasteiger partial charge in [0.05, 0.1) is 6.04 Å². The minimum atomic E-state index is 0.0639. The predicted octanol–water partition coefficient (Wildman–Crippen LogP) is 3.49. The highest BCUT2D eigenvalue weighted by molar-refractivity contribution is 5.94. The lowest BCUT2D eigenvalue weighted by molar-refractivity contribution is 0.101. The normalized spacial score (nSPS) is 17.0. The van der Waals surface area contributed by atoms with Crippen LogP contribution < -0.4 is 0 Å². The fourth-order valence-electron chi connectivity index (χ4n) is 3.60. The molecular formula is C22H26N2O2. The second-order valence-corrected chi connectivity index (χ2v) is 6.80. The van der Waals surface area contributed by atoms with E-state index in [0.717, 1.165) is 49.4 Å². The molecule has 1 saturated heterocycles. The standard InChI is InChI=1S/C22H26N2O2/c1-3-11-23-12-14-24(15-13-23)22(20-5-4-6-21(26)16-20)19-9-7-18(8-10-19)17(2)25/h3-10,16,22,26H,1,11-15H2,2H3. The van der Waals surface area contributed by atoms with E-state index in [0.29, 0.717) is 0 Å². The van der Waals surface area contributed by atoms with E-state index in [9.17, 15) is 9.90 Å². The number of nitrogens with zero attached hydrogens (tertiary/aromatic N) is 2. The fourth-order valence-corrected chi connectivity index (χ4v) is 3.60. The van der Waals surface area contributed by atoms with Gasteiger partial charge in [0.15, 0.2) is 5.78 Å². The first-order valence-electron chi connectivity index (χ1n) is 9.05. The molecule has 1 aliphatic rings. The van der Waals surface area contributed by atoms with Crippen LogP contribution in [0.15, 0.2) is 61.2 Å². The SMILES string of the molecule is C=CCN1CCN(C(c2ccc(C(C)=O)cc2)c2cccc(O)c2)CC1. The molecule has 1 N–H and O–H groups in total. The molecule has 1 unspecified atom stereocenters. The molecule has 0 spiro atoms. The Bertz CT molecular complexity index is 762. The number of phenolic OH excluding ortho intramolecular Hbond substituents is 1. The number of hydrogen-bond acceptors (Lipinski definition) is 4. The second-order valence-electron chi connectivity index (χ2n) is 6.80. The summed E-state index contributed by atoms with van der Waals surface area (Å²) in [6, 6.07) is 15.4. The minimum absolute atomic E-state index is 0.0639. The number of rotatable bonds is 6. The van der Waals surface area contributed by atoms with Gasteiger partial charge in [0.1, 0.15) is 5.75 Å². The van der Waals surface area contributed by atoms with E-state index in [2.05, 4.69) is 22.4 Å². The number of ketones is 1. The van der Waals surface area contributed by atoms with E-state index in [1.54, 1.807) is 13.0 Å². The summed E-state index contributed by atoms with van der Waals surface area (Å²) in [5.74, 6) is 0.349. The zero-order chi connectivity index (χ0) is 18.5. The van der Waals surface area contributed by atoms with Crippen molar-refractivity contribution in [1.82, 2.24) is 9.80 Å². The summed E-state index contributed by atoms with van der Waals surface area (Å²) in [6.07, 6.45) is 1.95. The molecule has 0 radical (unpaired) electrons. The van der Waals surface area contributed by atoms with Gasteiger partial charge in [-0.05, 0) is 30.2 Å². The van der Waals surface area contributed by atoms with Crippen LogP contribution in [-0.4, -0.2) is 53.4 Å². The first kappa shape index (κ1) is 18.4. The van der Waals surface area contributed by atoms with Crippen molar-refractivity contribution >= 4 is 5.78 Å². The summed E-state index contributed by atoms with van der Waals surface area (Å²) in [5.41, 5.74) is 2.93. The van der Waals surface area contributed by atoms with Crippen LogP contribution in [0.3, 0.4) is 0 Å². The lowest BCUT2D eigenvalue weighted by Crippen LogP contribution is -2.47. The predicted molar refractivity (Wildman–Crippen MR) is 105 cm³/mol. The molecule has 0 aliphatic carbocycles. The summed E-state index contributed by atoms with van der Waals surface area (Å²) < 4.78 is 0. The summed E-state index contributed by atoms with van der Waals surface area (Å²) >= 11 is 0. The smallest absolute Gasteiger partial charge is 0.159 e. The largest absolute Gasteiger partial charge is 0.508 e. The van der Waals surface area contributed by atoms with E-state index in [1.165, 1.54) is 0 Å². The van der Waals surface area contributed by atoms with E-state index >= 15 is 0 Å². The Morgan fingerprint density at radius 1 is 1.12 bits per heavy atom. The molecule has 0 saturated carbocycles. The van der Waals surface area contributed by atoms with Crippen molar-refractivity contribution in [3.05, 3.63) is 77.9 Å². The maximum Gasteiger partial charge on any atom is 0.159 e. The van der Waals surface area contributed by atoms with Crippen LogP contribution in [0.2, 0.25) is 0 Å². The number of benzene rings is 2. The third-order valence-electron chi connectivity index (χ3n) is 4.98. The number of carbonyl (C=O) groups is 1. The number of piperazine rings is 1.